The summed E-state index contributed by atoms with van der Waals surface area (Å²) in [5.74, 6) is 1.69. The molecule has 0 aliphatic rings. The number of rotatable bonds is 4. The third-order valence-electron chi connectivity index (χ3n) is 2.90. The van der Waals surface area contributed by atoms with Gasteiger partial charge in [-0.15, -0.1) is 0 Å². The molecule has 0 aliphatic carbocycles. The van der Waals surface area contributed by atoms with Gasteiger partial charge >= 0.3 is 0 Å². The minimum Gasteiger partial charge on any atom is -0.493 e. The van der Waals surface area contributed by atoms with E-state index in [0.717, 1.165) is 11.1 Å². The van der Waals surface area contributed by atoms with Crippen LogP contribution in [0.25, 0.3) is 11.4 Å². The molecule has 0 saturated carbocycles. The van der Waals surface area contributed by atoms with E-state index < -0.39 is 0 Å². The second-order valence-corrected chi connectivity index (χ2v) is 4.75. The van der Waals surface area contributed by atoms with E-state index >= 15 is 0 Å². The van der Waals surface area contributed by atoms with Crippen LogP contribution in [0.3, 0.4) is 0 Å². The minimum atomic E-state index is 0.372. The second-order valence-electron chi connectivity index (χ2n) is 4.03. The Bertz CT molecular complexity index is 610. The average molecular weight is 313 g/mol. The fourth-order valence-corrected chi connectivity index (χ4v) is 2.48. The van der Waals surface area contributed by atoms with E-state index in [1.54, 1.807) is 26.4 Å². The van der Waals surface area contributed by atoms with Crippen LogP contribution in [-0.2, 0) is 6.42 Å². The Morgan fingerprint density at radius 2 is 1.60 bits per heavy atom. The van der Waals surface area contributed by atoms with Crippen LogP contribution >= 0.6 is 23.2 Å². The Labute approximate surface area is 127 Å². The van der Waals surface area contributed by atoms with Crippen LogP contribution in [0.1, 0.15) is 12.5 Å². The van der Waals surface area contributed by atoms with Gasteiger partial charge in [-0.2, -0.15) is 0 Å². The van der Waals surface area contributed by atoms with Crippen molar-refractivity contribution in [2.24, 2.45) is 0 Å². The molecule has 20 heavy (non-hydrogen) atoms. The number of benzene rings is 1. The Kier molecular flexibility index (Phi) is 4.68. The Morgan fingerprint density at radius 3 is 2.10 bits per heavy atom. The lowest BCUT2D eigenvalue weighted by atomic mass is 10.2. The van der Waals surface area contributed by atoms with Crippen LogP contribution in [0.2, 0.25) is 10.3 Å². The van der Waals surface area contributed by atoms with Crippen LogP contribution in [0, 0.1) is 0 Å². The molecule has 4 nitrogen and oxygen atoms in total. The molecule has 0 N–H and O–H groups in total. The number of nitrogens with zero attached hydrogens (tertiary/aromatic N) is 2. The van der Waals surface area contributed by atoms with Crippen molar-refractivity contribution in [1.82, 2.24) is 9.97 Å². The highest BCUT2D eigenvalue weighted by Gasteiger charge is 2.13. The molecule has 2 aromatic rings. The monoisotopic (exact) mass is 312 g/mol. The highest BCUT2D eigenvalue weighted by atomic mass is 35.5. The van der Waals surface area contributed by atoms with Gasteiger partial charge in [0.25, 0.3) is 0 Å². The van der Waals surface area contributed by atoms with Crippen molar-refractivity contribution in [3.63, 3.8) is 0 Å². The van der Waals surface area contributed by atoms with E-state index in [1.807, 2.05) is 13.0 Å². The normalized spacial score (nSPS) is 10.4. The number of halogens is 2. The molecule has 0 unspecified atom stereocenters. The Hall–Kier alpha value is -1.52. The quantitative estimate of drug-likeness (QED) is 0.799. The molecule has 0 spiro atoms. The molecule has 0 atom stereocenters. The fourth-order valence-electron chi connectivity index (χ4n) is 1.83. The molecule has 1 aromatic heterocycles. The molecular weight excluding hydrogens is 299 g/mol. The average Bonchev–Trinajstić information content (AvgIpc) is 2.46. The zero-order valence-electron chi connectivity index (χ0n) is 11.4. The molecule has 6 heteroatoms. The lowest BCUT2D eigenvalue weighted by Gasteiger charge is -2.10. The first-order chi connectivity index (χ1) is 9.60. The summed E-state index contributed by atoms with van der Waals surface area (Å²) in [4.78, 5) is 8.56. The molecule has 0 saturated heterocycles. The summed E-state index contributed by atoms with van der Waals surface area (Å²) in [5, 5.41) is 0.745. The van der Waals surface area contributed by atoms with Gasteiger partial charge in [0.15, 0.2) is 17.3 Å². The van der Waals surface area contributed by atoms with E-state index in [0.29, 0.717) is 34.1 Å². The van der Waals surface area contributed by atoms with Crippen molar-refractivity contribution in [3.05, 3.63) is 34.1 Å². The lowest BCUT2D eigenvalue weighted by molar-refractivity contribution is 0.355. The molecule has 0 radical (unpaired) electrons. The predicted octanol–water partition coefficient (Wildman–Crippen LogP) is 4.03. The molecule has 0 amide bonds. The lowest BCUT2D eigenvalue weighted by Crippen LogP contribution is -1.97. The third-order valence-corrected chi connectivity index (χ3v) is 3.53. The van der Waals surface area contributed by atoms with Crippen LogP contribution in [-0.4, -0.2) is 24.2 Å². The van der Waals surface area contributed by atoms with Crippen LogP contribution < -0.4 is 9.47 Å². The van der Waals surface area contributed by atoms with Crippen molar-refractivity contribution in [1.29, 1.82) is 0 Å². The van der Waals surface area contributed by atoms with Gasteiger partial charge in [-0.3, -0.25) is 0 Å². The van der Waals surface area contributed by atoms with Crippen molar-refractivity contribution in [2.45, 2.75) is 13.3 Å². The molecular formula is C14H14Cl2N2O2. The van der Waals surface area contributed by atoms with Gasteiger partial charge in [-0.1, -0.05) is 30.1 Å². The highest BCUT2D eigenvalue weighted by molar-refractivity contribution is 6.34. The number of methoxy groups -OCH3 is 2. The number of hydrogen-bond acceptors (Lipinski definition) is 4. The van der Waals surface area contributed by atoms with E-state index in [-0.39, 0.29) is 0 Å². The van der Waals surface area contributed by atoms with Crippen molar-refractivity contribution < 1.29 is 9.47 Å². The summed E-state index contributed by atoms with van der Waals surface area (Å²) in [6.07, 6.45) is 0.684. The number of aromatic nitrogens is 2. The maximum absolute atomic E-state index is 6.13. The van der Waals surface area contributed by atoms with Crippen LogP contribution in [0.4, 0.5) is 0 Å². The minimum absolute atomic E-state index is 0.372. The van der Waals surface area contributed by atoms with Gasteiger partial charge in [0.2, 0.25) is 0 Å². The van der Waals surface area contributed by atoms with Gasteiger partial charge < -0.3 is 9.47 Å². The van der Waals surface area contributed by atoms with Gasteiger partial charge in [-0.05, 0) is 24.6 Å². The zero-order valence-corrected chi connectivity index (χ0v) is 12.9. The third kappa shape index (κ3) is 2.81. The predicted molar refractivity (Wildman–Crippen MR) is 80.0 cm³/mol. The van der Waals surface area contributed by atoms with Gasteiger partial charge in [-0.25, -0.2) is 9.97 Å². The van der Waals surface area contributed by atoms with Crippen LogP contribution in [0.15, 0.2) is 18.2 Å². The fraction of sp³-hybridized carbons (Fsp3) is 0.286. The molecule has 0 aliphatic heterocycles. The van der Waals surface area contributed by atoms with Crippen molar-refractivity contribution in [3.8, 4) is 22.9 Å². The maximum Gasteiger partial charge on any atom is 0.162 e. The summed E-state index contributed by atoms with van der Waals surface area (Å²) in [6.45, 7) is 1.95. The summed E-state index contributed by atoms with van der Waals surface area (Å²) < 4.78 is 10.5. The topological polar surface area (TPSA) is 44.2 Å². The van der Waals surface area contributed by atoms with Crippen molar-refractivity contribution in [2.75, 3.05) is 14.2 Å². The van der Waals surface area contributed by atoms with E-state index in [9.17, 15) is 0 Å². The first-order valence-corrected chi connectivity index (χ1v) is 6.80. The molecule has 0 fully saturated rings. The largest absolute Gasteiger partial charge is 0.493 e. The summed E-state index contributed by atoms with van der Waals surface area (Å²) in [5.41, 5.74) is 1.51. The number of hydrogen-bond donors (Lipinski definition) is 0. The summed E-state index contributed by atoms with van der Waals surface area (Å²) in [6, 6.07) is 5.40. The molecule has 106 valence electrons. The first-order valence-electron chi connectivity index (χ1n) is 6.05. The maximum atomic E-state index is 6.13. The Morgan fingerprint density at radius 1 is 1.00 bits per heavy atom. The molecule has 2 rings (SSSR count). The van der Waals surface area contributed by atoms with E-state index in [1.165, 1.54) is 0 Å². The zero-order chi connectivity index (χ0) is 14.7. The first kappa shape index (κ1) is 14.9. The van der Waals surface area contributed by atoms with Crippen LogP contribution in [0.5, 0.6) is 11.5 Å². The smallest absolute Gasteiger partial charge is 0.162 e. The SMILES string of the molecule is CCc1c(Cl)nc(-c2ccc(OC)c(OC)c2)nc1Cl. The van der Waals surface area contributed by atoms with E-state index in [4.69, 9.17) is 32.7 Å². The van der Waals surface area contributed by atoms with Gasteiger partial charge in [0, 0.05) is 11.1 Å². The highest BCUT2D eigenvalue weighted by Crippen LogP contribution is 2.32. The molecule has 1 aromatic carbocycles. The standard InChI is InChI=1S/C14H14Cl2N2O2/c1-4-9-12(15)17-14(18-13(9)16)8-5-6-10(19-2)11(7-8)20-3/h5-7H,4H2,1-3H3. The Balaban J connectivity index is 2.51. The molecule has 0 bridgehead atoms. The summed E-state index contributed by atoms with van der Waals surface area (Å²) >= 11 is 12.3. The summed E-state index contributed by atoms with van der Waals surface area (Å²) in [7, 11) is 3.15. The van der Waals surface area contributed by atoms with Gasteiger partial charge in [0.05, 0.1) is 14.2 Å². The number of ether oxygens (including phenoxy) is 2. The van der Waals surface area contributed by atoms with E-state index in [2.05, 4.69) is 9.97 Å². The second kappa shape index (κ2) is 6.29. The molecule has 1 heterocycles. The van der Waals surface area contributed by atoms with Crippen molar-refractivity contribution >= 4 is 23.2 Å². The van der Waals surface area contributed by atoms with Gasteiger partial charge in [0.1, 0.15) is 10.3 Å².